The number of hydrogen-bond acceptors (Lipinski definition) is 8. The van der Waals surface area contributed by atoms with Gasteiger partial charge in [0.1, 0.15) is 28.4 Å². The molecule has 1 saturated heterocycles. The Morgan fingerprint density at radius 1 is 1.12 bits per heavy atom. The average Bonchev–Trinajstić information content (AvgIpc) is 3.15. The predicted molar refractivity (Wildman–Crippen MR) is 182 cm³/mol. The van der Waals surface area contributed by atoms with Gasteiger partial charge < -0.3 is 29.2 Å². The summed E-state index contributed by atoms with van der Waals surface area (Å²) in [5, 5.41) is 22.1. The molecule has 6 unspecified atom stereocenters. The number of phenols is 1. The maximum Gasteiger partial charge on any atom is 0.330 e. The quantitative estimate of drug-likeness (QED) is 0.237. The molecule has 8 rings (SSSR count). The lowest BCUT2D eigenvalue weighted by Crippen LogP contribution is -2.80. The van der Waals surface area contributed by atoms with Crippen molar-refractivity contribution in [1.82, 2.24) is 0 Å². The van der Waals surface area contributed by atoms with Crippen molar-refractivity contribution in [3.05, 3.63) is 64.8 Å². The molecule has 0 amide bonds. The van der Waals surface area contributed by atoms with Crippen molar-refractivity contribution in [1.29, 1.82) is 0 Å². The maximum absolute atomic E-state index is 15.5. The SMILES string of the molecule is C=CC(C)(C)c1c2c(c(O)c3c1OC(C)(C)c1ccc(C)cc1-3)C(=O)C1C(OCC)C3CC4C(C)(C)OC(CC=C(C)C(=O)O)(C3=O)C14O2. The van der Waals surface area contributed by atoms with Crippen LogP contribution in [0.3, 0.4) is 0 Å². The first-order valence-corrected chi connectivity index (χ1v) is 17.2. The number of carbonyl (C=O) groups excluding carboxylic acids is 2. The summed E-state index contributed by atoms with van der Waals surface area (Å²) < 4.78 is 27.3. The number of hydrogen-bond donors (Lipinski definition) is 2. The number of carboxylic acid groups (broad SMARTS) is 1. The van der Waals surface area contributed by atoms with E-state index in [1.165, 1.54) is 13.0 Å². The molecule has 6 atom stereocenters. The lowest BCUT2D eigenvalue weighted by atomic mass is 9.45. The summed E-state index contributed by atoms with van der Waals surface area (Å²) in [7, 11) is 0. The number of rotatable bonds is 7. The molecule has 3 aliphatic heterocycles. The number of ether oxygens (including phenoxy) is 4. The second-order valence-electron chi connectivity index (χ2n) is 16.1. The van der Waals surface area contributed by atoms with Gasteiger partial charge in [0.25, 0.3) is 0 Å². The molecular formula is C40H46O9. The van der Waals surface area contributed by atoms with Crippen LogP contribution in [0.4, 0.5) is 0 Å². The monoisotopic (exact) mass is 670 g/mol. The van der Waals surface area contributed by atoms with Crippen molar-refractivity contribution in [2.24, 2.45) is 17.8 Å². The summed E-state index contributed by atoms with van der Waals surface area (Å²) in [4.78, 5) is 42.2. The summed E-state index contributed by atoms with van der Waals surface area (Å²) in [5.41, 5.74) is -2.24. The maximum atomic E-state index is 15.5. The van der Waals surface area contributed by atoms with Gasteiger partial charge in [-0.1, -0.05) is 49.8 Å². The van der Waals surface area contributed by atoms with Crippen LogP contribution < -0.4 is 9.47 Å². The van der Waals surface area contributed by atoms with E-state index in [4.69, 9.17) is 18.9 Å². The third kappa shape index (κ3) is 4.09. The van der Waals surface area contributed by atoms with E-state index in [0.717, 1.165) is 16.7 Å². The standard InChI is InChI=1S/C40H46O9/c1-11-36(5,6)28-32-25(21-17-19(3)13-14-23(21)37(7,8)47-32)29(41)26-30(42)27-31(46-12-2)22-18-24-38(9,10)49-39(34(22)43,16-15-20(4)35(44)45)40(24,27)48-33(26)28/h11,13-15,17,22,24,27,31,41H,1,12,16,18H2,2-10H3,(H,44,45). The van der Waals surface area contributed by atoms with E-state index in [0.29, 0.717) is 23.3 Å². The first-order chi connectivity index (χ1) is 22.8. The first kappa shape index (κ1) is 33.5. The molecule has 2 aromatic rings. The van der Waals surface area contributed by atoms with Crippen molar-refractivity contribution in [3.8, 4) is 28.4 Å². The van der Waals surface area contributed by atoms with Gasteiger partial charge >= 0.3 is 5.97 Å². The Bertz CT molecular complexity index is 1900. The molecule has 49 heavy (non-hydrogen) atoms. The number of ketones is 2. The highest BCUT2D eigenvalue weighted by atomic mass is 16.6. The molecule has 4 bridgehead atoms. The summed E-state index contributed by atoms with van der Waals surface area (Å²) in [6, 6.07) is 5.98. The number of allylic oxidation sites excluding steroid dienone is 1. The number of carbonyl (C=O) groups is 3. The molecule has 9 nitrogen and oxygen atoms in total. The van der Waals surface area contributed by atoms with E-state index in [9.17, 15) is 19.8 Å². The fourth-order valence-electron chi connectivity index (χ4n) is 9.73. The Morgan fingerprint density at radius 2 is 1.80 bits per heavy atom. The van der Waals surface area contributed by atoms with Gasteiger partial charge in [-0.15, -0.1) is 6.58 Å². The van der Waals surface area contributed by atoms with Crippen LogP contribution in [0.25, 0.3) is 11.1 Å². The Kier molecular flexibility index (Phi) is 7.05. The second-order valence-corrected chi connectivity index (χ2v) is 16.1. The second kappa shape index (κ2) is 10.3. The molecule has 0 radical (unpaired) electrons. The average molecular weight is 671 g/mol. The van der Waals surface area contributed by atoms with Crippen LogP contribution in [0.2, 0.25) is 0 Å². The number of Topliss-reactive ketones (excluding diaryl/α,β-unsaturated/α-hetero) is 2. The molecule has 0 aromatic heterocycles. The van der Waals surface area contributed by atoms with Crippen LogP contribution in [0, 0.1) is 24.7 Å². The summed E-state index contributed by atoms with van der Waals surface area (Å²) >= 11 is 0. The summed E-state index contributed by atoms with van der Waals surface area (Å²) in [6.45, 7) is 21.3. The predicted octanol–water partition coefficient (Wildman–Crippen LogP) is 6.98. The van der Waals surface area contributed by atoms with Crippen LogP contribution >= 0.6 is 0 Å². The van der Waals surface area contributed by atoms with E-state index >= 15 is 4.79 Å². The highest BCUT2D eigenvalue weighted by molar-refractivity contribution is 6.11. The highest BCUT2D eigenvalue weighted by Gasteiger charge is 2.86. The van der Waals surface area contributed by atoms with Crippen LogP contribution in [-0.4, -0.2) is 57.3 Å². The number of aliphatic carboxylic acids is 1. The van der Waals surface area contributed by atoms with Crippen molar-refractivity contribution in [2.45, 2.75) is 109 Å². The van der Waals surface area contributed by atoms with Crippen LogP contribution in [0.5, 0.6) is 17.2 Å². The fraction of sp³-hybridized carbons (Fsp3) is 0.525. The van der Waals surface area contributed by atoms with Crippen molar-refractivity contribution >= 4 is 17.5 Å². The van der Waals surface area contributed by atoms with Crippen LogP contribution in [0.1, 0.15) is 95.3 Å². The van der Waals surface area contributed by atoms with Gasteiger partial charge in [0.05, 0.1) is 23.2 Å². The number of carboxylic acids is 1. The van der Waals surface area contributed by atoms with Gasteiger partial charge in [0.2, 0.25) is 0 Å². The summed E-state index contributed by atoms with van der Waals surface area (Å²) in [5.74, 6) is -3.67. The van der Waals surface area contributed by atoms with E-state index in [-0.39, 0.29) is 41.4 Å². The summed E-state index contributed by atoms with van der Waals surface area (Å²) in [6.07, 6.45) is 2.68. The van der Waals surface area contributed by atoms with E-state index in [2.05, 4.69) is 6.58 Å². The first-order valence-electron chi connectivity index (χ1n) is 17.2. The Hall–Kier alpha value is -3.95. The minimum absolute atomic E-state index is 0.0179. The lowest BCUT2D eigenvalue weighted by Gasteiger charge is -2.62. The minimum Gasteiger partial charge on any atom is -0.506 e. The fourth-order valence-corrected chi connectivity index (χ4v) is 9.73. The van der Waals surface area contributed by atoms with Gasteiger partial charge in [-0.25, -0.2) is 4.79 Å². The molecule has 3 saturated carbocycles. The molecule has 3 heterocycles. The van der Waals surface area contributed by atoms with Gasteiger partial charge in [-0.05, 0) is 60.5 Å². The number of aromatic hydroxyl groups is 1. The smallest absolute Gasteiger partial charge is 0.330 e. The zero-order valence-corrected chi connectivity index (χ0v) is 29.8. The molecule has 2 N–H and O–H groups in total. The van der Waals surface area contributed by atoms with Crippen LogP contribution in [-0.2, 0) is 30.1 Å². The Balaban J connectivity index is 1.60. The van der Waals surface area contributed by atoms with E-state index in [1.807, 2.05) is 73.6 Å². The molecule has 9 heteroatoms. The highest BCUT2D eigenvalue weighted by Crippen LogP contribution is 2.71. The van der Waals surface area contributed by atoms with Gasteiger partial charge in [0.15, 0.2) is 22.8 Å². The Morgan fingerprint density at radius 3 is 2.43 bits per heavy atom. The molecular weight excluding hydrogens is 624 g/mol. The number of aryl methyl sites for hydroxylation is 1. The number of benzene rings is 2. The zero-order valence-electron chi connectivity index (χ0n) is 29.8. The molecule has 1 spiro atoms. The normalized spacial score (nSPS) is 31.6. The largest absolute Gasteiger partial charge is 0.506 e. The number of phenolic OH excluding ortho intramolecular Hbond substituents is 1. The number of fused-ring (bicyclic) bond motifs is 4. The van der Waals surface area contributed by atoms with Gasteiger partial charge in [0, 0.05) is 47.0 Å². The Labute approximate surface area is 287 Å². The molecule has 6 aliphatic rings. The molecule has 3 aliphatic carbocycles. The van der Waals surface area contributed by atoms with Crippen LogP contribution in [0.15, 0.2) is 42.5 Å². The zero-order chi connectivity index (χ0) is 35.8. The van der Waals surface area contributed by atoms with Crippen molar-refractivity contribution < 1.29 is 43.5 Å². The third-order valence-corrected chi connectivity index (χ3v) is 12.0. The van der Waals surface area contributed by atoms with Crippen molar-refractivity contribution in [2.75, 3.05) is 6.61 Å². The van der Waals surface area contributed by atoms with Gasteiger partial charge in [-0.3, -0.25) is 9.59 Å². The molecule has 4 fully saturated rings. The van der Waals surface area contributed by atoms with E-state index in [1.54, 1.807) is 6.08 Å². The lowest BCUT2D eigenvalue weighted by molar-refractivity contribution is -0.227. The van der Waals surface area contributed by atoms with Crippen molar-refractivity contribution in [3.63, 3.8) is 0 Å². The van der Waals surface area contributed by atoms with Gasteiger partial charge in [-0.2, -0.15) is 0 Å². The topological polar surface area (TPSA) is 129 Å². The third-order valence-electron chi connectivity index (χ3n) is 12.0. The van der Waals surface area contributed by atoms with E-state index < -0.39 is 63.4 Å². The molecule has 260 valence electrons. The molecule has 2 aromatic carbocycles. The minimum atomic E-state index is -1.70.